The summed E-state index contributed by atoms with van der Waals surface area (Å²) in [4.78, 5) is 17.6. The normalized spacial score (nSPS) is 13.3. The molecule has 0 aliphatic carbocycles. The summed E-state index contributed by atoms with van der Waals surface area (Å²) in [5.41, 5.74) is 4.41. The smallest absolute Gasteiger partial charge is 0.267 e. The zero-order valence-corrected chi connectivity index (χ0v) is 13.9. The van der Waals surface area contributed by atoms with Crippen LogP contribution < -0.4 is 10.6 Å². The summed E-state index contributed by atoms with van der Waals surface area (Å²) in [5, 5.41) is 7.26. The van der Waals surface area contributed by atoms with Crippen molar-refractivity contribution in [2.24, 2.45) is 0 Å². The number of carbonyl (C=O) groups excluding carboxylic acids is 1. The Kier molecular flexibility index (Phi) is 4.11. The summed E-state index contributed by atoms with van der Waals surface area (Å²) < 4.78 is 0. The molecule has 0 spiro atoms. The van der Waals surface area contributed by atoms with Crippen LogP contribution in [-0.4, -0.2) is 17.4 Å². The lowest BCUT2D eigenvalue weighted by Crippen LogP contribution is -2.25. The van der Waals surface area contributed by atoms with Gasteiger partial charge in [0.05, 0.1) is 6.20 Å². The van der Waals surface area contributed by atoms with E-state index in [0.29, 0.717) is 4.88 Å². The van der Waals surface area contributed by atoms with Crippen LogP contribution in [0.3, 0.4) is 0 Å². The monoisotopic (exact) mass is 335 g/mol. The molecule has 1 aliphatic heterocycles. The molecule has 120 valence electrons. The van der Waals surface area contributed by atoms with Crippen molar-refractivity contribution in [1.29, 1.82) is 0 Å². The van der Waals surface area contributed by atoms with Gasteiger partial charge >= 0.3 is 0 Å². The summed E-state index contributed by atoms with van der Waals surface area (Å²) in [5.74, 6) is -0.103. The first-order valence-electron chi connectivity index (χ1n) is 7.95. The Hall–Kier alpha value is -2.50. The highest BCUT2D eigenvalue weighted by molar-refractivity contribution is 7.17. The molecule has 0 atom stereocenters. The van der Waals surface area contributed by atoms with E-state index < -0.39 is 0 Å². The number of nitrogens with zero attached hydrogens (tertiary/aromatic N) is 1. The number of anilines is 1. The van der Waals surface area contributed by atoms with Crippen LogP contribution in [0.25, 0.3) is 10.6 Å². The zero-order valence-electron chi connectivity index (χ0n) is 13.1. The fourth-order valence-corrected chi connectivity index (χ4v) is 3.73. The Labute approximate surface area is 144 Å². The molecule has 1 aromatic heterocycles. The van der Waals surface area contributed by atoms with E-state index in [1.54, 1.807) is 6.20 Å². The molecule has 24 heavy (non-hydrogen) atoms. The van der Waals surface area contributed by atoms with Gasteiger partial charge < -0.3 is 10.6 Å². The molecule has 0 unspecified atom stereocenters. The second-order valence-corrected chi connectivity index (χ2v) is 6.75. The highest BCUT2D eigenvalue weighted by Crippen LogP contribution is 2.27. The Morgan fingerprint density at radius 3 is 2.88 bits per heavy atom. The van der Waals surface area contributed by atoms with Gasteiger partial charge in [-0.2, -0.15) is 0 Å². The van der Waals surface area contributed by atoms with Gasteiger partial charge in [-0.05, 0) is 30.2 Å². The Morgan fingerprint density at radius 2 is 2.00 bits per heavy atom. The van der Waals surface area contributed by atoms with Crippen molar-refractivity contribution in [2.45, 2.75) is 13.0 Å². The SMILES string of the molecule is O=C(Nc1cccc2c1CNCC2)c1cnc(-c2ccccc2)s1. The van der Waals surface area contributed by atoms with Gasteiger partial charge in [0.2, 0.25) is 0 Å². The lowest BCUT2D eigenvalue weighted by molar-refractivity contribution is 0.103. The van der Waals surface area contributed by atoms with E-state index in [2.05, 4.69) is 21.7 Å². The fraction of sp³-hybridized carbons (Fsp3) is 0.158. The first kappa shape index (κ1) is 15.1. The van der Waals surface area contributed by atoms with Crippen molar-refractivity contribution in [3.8, 4) is 10.6 Å². The molecule has 2 heterocycles. The van der Waals surface area contributed by atoms with Crippen molar-refractivity contribution in [1.82, 2.24) is 10.3 Å². The number of rotatable bonds is 3. The topological polar surface area (TPSA) is 54.0 Å². The van der Waals surface area contributed by atoms with Crippen molar-refractivity contribution in [3.63, 3.8) is 0 Å². The Morgan fingerprint density at radius 1 is 1.12 bits per heavy atom. The Balaban J connectivity index is 1.56. The number of hydrogen-bond donors (Lipinski definition) is 2. The van der Waals surface area contributed by atoms with E-state index >= 15 is 0 Å². The third-order valence-corrected chi connectivity index (χ3v) is 5.19. The van der Waals surface area contributed by atoms with Gasteiger partial charge in [0.25, 0.3) is 5.91 Å². The molecule has 0 bridgehead atoms. The number of carbonyl (C=O) groups is 1. The molecule has 0 saturated carbocycles. The van der Waals surface area contributed by atoms with E-state index in [9.17, 15) is 4.79 Å². The summed E-state index contributed by atoms with van der Waals surface area (Å²) in [6.07, 6.45) is 2.65. The van der Waals surface area contributed by atoms with E-state index in [1.165, 1.54) is 22.5 Å². The lowest BCUT2D eigenvalue weighted by atomic mass is 9.99. The maximum absolute atomic E-state index is 12.6. The molecule has 2 aromatic carbocycles. The highest BCUT2D eigenvalue weighted by atomic mass is 32.1. The van der Waals surface area contributed by atoms with Crippen LogP contribution in [0.1, 0.15) is 20.8 Å². The van der Waals surface area contributed by atoms with Crippen LogP contribution in [0.2, 0.25) is 0 Å². The van der Waals surface area contributed by atoms with E-state index in [1.807, 2.05) is 42.5 Å². The first-order valence-corrected chi connectivity index (χ1v) is 8.77. The summed E-state index contributed by atoms with van der Waals surface area (Å²) >= 11 is 1.41. The molecule has 4 rings (SSSR count). The second kappa shape index (κ2) is 6.55. The molecule has 2 N–H and O–H groups in total. The van der Waals surface area contributed by atoms with Gasteiger partial charge in [-0.25, -0.2) is 4.98 Å². The van der Waals surface area contributed by atoms with Crippen LogP contribution in [0.15, 0.2) is 54.7 Å². The third-order valence-electron chi connectivity index (χ3n) is 4.14. The van der Waals surface area contributed by atoms with Crippen molar-refractivity contribution in [3.05, 3.63) is 70.7 Å². The van der Waals surface area contributed by atoms with Gasteiger partial charge in [-0.1, -0.05) is 42.5 Å². The summed E-state index contributed by atoms with van der Waals surface area (Å²) in [6.45, 7) is 1.78. The summed E-state index contributed by atoms with van der Waals surface area (Å²) in [6, 6.07) is 16.0. The minimum absolute atomic E-state index is 0.103. The predicted molar refractivity (Wildman–Crippen MR) is 97.4 cm³/mol. The molecule has 1 amide bonds. The van der Waals surface area contributed by atoms with Gasteiger partial charge in [-0.3, -0.25) is 4.79 Å². The quantitative estimate of drug-likeness (QED) is 0.767. The van der Waals surface area contributed by atoms with E-state index in [0.717, 1.165) is 35.8 Å². The summed E-state index contributed by atoms with van der Waals surface area (Å²) in [7, 11) is 0. The minimum atomic E-state index is -0.103. The lowest BCUT2D eigenvalue weighted by Gasteiger charge is -2.20. The van der Waals surface area contributed by atoms with Gasteiger partial charge in [0.15, 0.2) is 0 Å². The highest BCUT2D eigenvalue weighted by Gasteiger charge is 2.16. The van der Waals surface area contributed by atoms with E-state index in [4.69, 9.17) is 0 Å². The average Bonchev–Trinajstić information content (AvgIpc) is 3.13. The molecule has 0 fully saturated rings. The number of benzene rings is 2. The molecule has 5 heteroatoms. The number of hydrogen-bond acceptors (Lipinski definition) is 4. The molecule has 1 aliphatic rings. The van der Waals surface area contributed by atoms with Crippen LogP contribution >= 0.6 is 11.3 Å². The average molecular weight is 335 g/mol. The van der Waals surface area contributed by atoms with E-state index in [-0.39, 0.29) is 5.91 Å². The molecule has 3 aromatic rings. The Bertz CT molecular complexity index is 873. The number of fused-ring (bicyclic) bond motifs is 1. The van der Waals surface area contributed by atoms with Crippen LogP contribution in [0.4, 0.5) is 5.69 Å². The zero-order chi connectivity index (χ0) is 16.4. The van der Waals surface area contributed by atoms with Crippen molar-refractivity contribution >= 4 is 22.9 Å². The van der Waals surface area contributed by atoms with Crippen LogP contribution in [0, 0.1) is 0 Å². The second-order valence-electron chi connectivity index (χ2n) is 5.72. The molecule has 0 saturated heterocycles. The van der Waals surface area contributed by atoms with Crippen molar-refractivity contribution < 1.29 is 4.79 Å². The third kappa shape index (κ3) is 2.96. The molecule has 0 radical (unpaired) electrons. The fourth-order valence-electron chi connectivity index (χ4n) is 2.91. The minimum Gasteiger partial charge on any atom is -0.321 e. The number of nitrogens with one attached hydrogen (secondary N) is 2. The first-order chi connectivity index (χ1) is 11.8. The predicted octanol–water partition coefficient (Wildman–Crippen LogP) is 3.71. The molecular weight excluding hydrogens is 318 g/mol. The van der Waals surface area contributed by atoms with Crippen LogP contribution in [-0.2, 0) is 13.0 Å². The number of amides is 1. The van der Waals surface area contributed by atoms with Gasteiger partial charge in [0.1, 0.15) is 9.88 Å². The van der Waals surface area contributed by atoms with Crippen LogP contribution in [0.5, 0.6) is 0 Å². The number of aromatic nitrogens is 1. The number of thiazole rings is 1. The molecular formula is C19H17N3OS. The standard InChI is InChI=1S/C19H17N3OS/c23-18(17-12-21-19(24-17)14-5-2-1-3-6-14)22-16-8-4-7-13-9-10-20-11-15(13)16/h1-8,12,20H,9-11H2,(H,22,23). The maximum Gasteiger partial charge on any atom is 0.267 e. The maximum atomic E-state index is 12.6. The van der Waals surface area contributed by atoms with Gasteiger partial charge in [-0.15, -0.1) is 11.3 Å². The van der Waals surface area contributed by atoms with Gasteiger partial charge in [0, 0.05) is 17.8 Å². The largest absolute Gasteiger partial charge is 0.321 e. The van der Waals surface area contributed by atoms with Crippen molar-refractivity contribution in [2.75, 3.05) is 11.9 Å². The molecule has 4 nitrogen and oxygen atoms in total.